The van der Waals surface area contributed by atoms with Crippen LogP contribution in [0, 0.1) is 5.92 Å². The van der Waals surface area contributed by atoms with Crippen LogP contribution in [0.15, 0.2) is 0 Å². The molecule has 1 N–H and O–H groups in total. The molecule has 1 rings (SSSR count). The van der Waals surface area contributed by atoms with E-state index in [4.69, 9.17) is 0 Å². The molecule has 1 aliphatic rings. The van der Waals surface area contributed by atoms with Gasteiger partial charge in [-0.3, -0.25) is 0 Å². The highest BCUT2D eigenvalue weighted by molar-refractivity contribution is 6.76. The third-order valence-corrected chi connectivity index (χ3v) is 4.51. The Kier molecular flexibility index (Phi) is 4.65. The second kappa shape index (κ2) is 5.28. The predicted octanol–water partition coefficient (Wildman–Crippen LogP) is 2.50. The summed E-state index contributed by atoms with van der Waals surface area (Å²) in [4.78, 5) is 2.24. The van der Waals surface area contributed by atoms with Crippen LogP contribution in [0.5, 0.6) is 0 Å². The van der Waals surface area contributed by atoms with Gasteiger partial charge in [0.1, 0.15) is 0 Å². The average molecular weight is 269 g/mol. The van der Waals surface area contributed by atoms with E-state index in [9.17, 15) is 18.3 Å². The second-order valence-corrected chi connectivity index (χ2v) is 11.6. The molecule has 0 bridgehead atoms. The molecule has 1 saturated heterocycles. The summed E-state index contributed by atoms with van der Waals surface area (Å²) in [5, 5.41) is 9.19. The summed E-state index contributed by atoms with van der Waals surface area (Å²) in [5.41, 5.74) is 0. The van der Waals surface area contributed by atoms with Crippen LogP contribution in [0.4, 0.5) is 13.2 Å². The Labute approximate surface area is 102 Å². The van der Waals surface area contributed by atoms with Crippen molar-refractivity contribution in [1.82, 2.24) is 4.90 Å². The zero-order valence-electron chi connectivity index (χ0n) is 10.7. The topological polar surface area (TPSA) is 23.5 Å². The summed E-state index contributed by atoms with van der Waals surface area (Å²) in [7, 11) is -1.19. The minimum absolute atomic E-state index is 0.450. The van der Waals surface area contributed by atoms with Crippen molar-refractivity contribution >= 4 is 8.07 Å². The molecule has 0 amide bonds. The van der Waals surface area contributed by atoms with Gasteiger partial charge in [0.15, 0.2) is 6.10 Å². The third-order valence-electron chi connectivity index (χ3n) is 3.11. The number of hydrogen-bond donors (Lipinski definition) is 1. The van der Waals surface area contributed by atoms with E-state index in [-0.39, 0.29) is 0 Å². The van der Waals surface area contributed by atoms with E-state index in [1.54, 1.807) is 0 Å². The molecular weight excluding hydrogens is 247 g/mol. The number of likely N-dealkylation sites (tertiary alicyclic amines) is 1. The third kappa shape index (κ3) is 4.97. The summed E-state index contributed by atoms with van der Waals surface area (Å²) < 4.78 is 37.0. The van der Waals surface area contributed by atoms with E-state index in [1.807, 2.05) is 0 Å². The van der Waals surface area contributed by atoms with Crippen LogP contribution < -0.4 is 0 Å². The predicted molar refractivity (Wildman–Crippen MR) is 64.6 cm³/mol. The van der Waals surface area contributed by atoms with Crippen LogP contribution >= 0.6 is 0 Å². The maximum Gasteiger partial charge on any atom is 0.414 e. The Morgan fingerprint density at radius 1 is 1.24 bits per heavy atom. The molecule has 0 aliphatic carbocycles. The quantitative estimate of drug-likeness (QED) is 0.796. The van der Waals surface area contributed by atoms with Crippen molar-refractivity contribution in [3.8, 4) is 0 Å². The number of nitrogens with zero attached hydrogens (tertiary/aromatic N) is 1. The Morgan fingerprint density at radius 3 is 2.06 bits per heavy atom. The van der Waals surface area contributed by atoms with Gasteiger partial charge in [0.2, 0.25) is 0 Å². The summed E-state index contributed by atoms with van der Waals surface area (Å²) >= 11 is 0. The number of hydrogen-bond acceptors (Lipinski definition) is 2. The number of aliphatic hydroxyl groups is 1. The van der Waals surface area contributed by atoms with Gasteiger partial charge in [0.25, 0.3) is 0 Å². The van der Waals surface area contributed by atoms with Gasteiger partial charge in [-0.1, -0.05) is 19.6 Å². The molecule has 0 saturated carbocycles. The van der Waals surface area contributed by atoms with Crippen LogP contribution in [-0.2, 0) is 0 Å². The van der Waals surface area contributed by atoms with Crippen LogP contribution in [0.2, 0.25) is 19.6 Å². The average Bonchev–Trinajstić information content (AvgIpc) is 2.14. The smallest absolute Gasteiger partial charge is 0.383 e. The Morgan fingerprint density at radius 2 is 1.71 bits per heavy atom. The maximum absolute atomic E-state index is 12.3. The van der Waals surface area contributed by atoms with Gasteiger partial charge in [-0.15, -0.1) is 0 Å². The molecule has 17 heavy (non-hydrogen) atoms. The van der Waals surface area contributed by atoms with Crippen molar-refractivity contribution in [1.29, 1.82) is 0 Å². The Balaban J connectivity index is 2.41. The molecule has 1 heterocycles. The molecule has 0 spiro atoms. The minimum Gasteiger partial charge on any atom is -0.383 e. The summed E-state index contributed by atoms with van der Waals surface area (Å²) in [6.07, 6.45) is -4.68. The monoisotopic (exact) mass is 269 g/mol. The normalized spacial score (nSPS) is 22.8. The van der Waals surface area contributed by atoms with Gasteiger partial charge in [-0.05, 0) is 38.0 Å². The number of alkyl halides is 3. The van der Waals surface area contributed by atoms with Crippen LogP contribution in [0.3, 0.4) is 0 Å². The first-order valence-corrected chi connectivity index (χ1v) is 9.77. The molecule has 0 aromatic carbocycles. The van der Waals surface area contributed by atoms with Gasteiger partial charge >= 0.3 is 6.18 Å². The lowest BCUT2D eigenvalue weighted by Gasteiger charge is -2.37. The van der Waals surface area contributed by atoms with E-state index >= 15 is 0 Å². The van der Waals surface area contributed by atoms with Gasteiger partial charge in [-0.2, -0.15) is 13.2 Å². The molecule has 6 heteroatoms. The minimum atomic E-state index is -4.47. The summed E-state index contributed by atoms with van der Waals surface area (Å²) in [6.45, 7) is 8.13. The van der Waals surface area contributed by atoms with Crippen molar-refractivity contribution in [2.24, 2.45) is 5.92 Å². The molecule has 2 nitrogen and oxygen atoms in total. The number of aliphatic hydroxyl groups excluding tert-OH is 1. The van der Waals surface area contributed by atoms with Crippen molar-refractivity contribution in [3.05, 3.63) is 0 Å². The molecule has 0 radical (unpaired) electrons. The highest BCUT2D eigenvalue weighted by Crippen LogP contribution is 2.31. The fourth-order valence-corrected chi connectivity index (χ4v) is 4.02. The zero-order chi connectivity index (χ0) is 13.3. The number of rotatable bonds is 3. The molecule has 0 aromatic heterocycles. The second-order valence-electron chi connectivity index (χ2n) is 6.16. The van der Waals surface area contributed by atoms with Crippen LogP contribution in [0.25, 0.3) is 0 Å². The first-order valence-electron chi connectivity index (χ1n) is 6.07. The van der Waals surface area contributed by atoms with Crippen LogP contribution in [-0.4, -0.2) is 49.6 Å². The maximum atomic E-state index is 12.3. The number of halogens is 3. The first-order chi connectivity index (χ1) is 7.59. The molecule has 1 unspecified atom stereocenters. The van der Waals surface area contributed by atoms with E-state index in [0.29, 0.717) is 25.9 Å². The summed E-state index contributed by atoms with van der Waals surface area (Å²) in [5.74, 6) is -0.618. The van der Waals surface area contributed by atoms with Crippen molar-refractivity contribution in [3.63, 3.8) is 0 Å². The van der Waals surface area contributed by atoms with Gasteiger partial charge < -0.3 is 10.0 Å². The Bertz CT molecular complexity index is 244. The van der Waals surface area contributed by atoms with Crippen molar-refractivity contribution < 1.29 is 18.3 Å². The number of piperidine rings is 1. The van der Waals surface area contributed by atoms with E-state index < -0.39 is 26.3 Å². The lowest BCUT2D eigenvalue weighted by Crippen LogP contribution is -2.47. The van der Waals surface area contributed by atoms with Crippen molar-refractivity contribution in [2.45, 2.75) is 44.8 Å². The molecule has 102 valence electrons. The van der Waals surface area contributed by atoms with E-state index in [0.717, 1.165) is 6.17 Å². The van der Waals surface area contributed by atoms with E-state index in [2.05, 4.69) is 24.5 Å². The van der Waals surface area contributed by atoms with Gasteiger partial charge in [-0.25, -0.2) is 0 Å². The lowest BCUT2D eigenvalue weighted by atomic mass is 9.91. The van der Waals surface area contributed by atoms with Gasteiger partial charge in [0.05, 0.1) is 8.07 Å². The fourth-order valence-electron chi connectivity index (χ4n) is 2.36. The Hall–Kier alpha value is -0.0731. The fraction of sp³-hybridized carbons (Fsp3) is 1.00. The highest BCUT2D eigenvalue weighted by Gasteiger charge is 2.44. The van der Waals surface area contributed by atoms with E-state index in [1.165, 1.54) is 0 Å². The zero-order valence-corrected chi connectivity index (χ0v) is 11.7. The molecule has 1 fully saturated rings. The standard InChI is InChI=1S/C11H22F3NOSi/c1-17(2,3)8-15-6-4-9(5-7-15)10(16)11(12,13)14/h9-10,16H,4-8H2,1-3H3. The molecule has 1 atom stereocenters. The van der Waals surface area contributed by atoms with Crippen LogP contribution in [0.1, 0.15) is 12.8 Å². The summed E-state index contributed by atoms with van der Waals surface area (Å²) in [6, 6.07) is 0. The molecular formula is C11H22F3NOSi. The molecule has 0 aromatic rings. The van der Waals surface area contributed by atoms with Crippen molar-refractivity contribution in [2.75, 3.05) is 19.3 Å². The van der Waals surface area contributed by atoms with Gasteiger partial charge in [0, 0.05) is 0 Å². The molecule has 1 aliphatic heterocycles. The SMILES string of the molecule is C[Si](C)(C)CN1CCC(C(O)C(F)(F)F)CC1. The largest absolute Gasteiger partial charge is 0.414 e. The highest BCUT2D eigenvalue weighted by atomic mass is 28.3. The lowest BCUT2D eigenvalue weighted by molar-refractivity contribution is -0.222. The first kappa shape index (κ1) is 15.0.